The Kier molecular flexibility index (Phi) is 4.59. The molecule has 2 aromatic rings. The minimum atomic E-state index is 0.0720. The van der Waals surface area contributed by atoms with Crippen molar-refractivity contribution in [2.45, 2.75) is 18.9 Å². The van der Waals surface area contributed by atoms with Crippen LogP contribution in [-0.4, -0.2) is 43.6 Å². The fourth-order valence-electron chi connectivity index (χ4n) is 2.91. The minimum Gasteiger partial charge on any atom is -0.484 e. The second-order valence-electron chi connectivity index (χ2n) is 5.74. The summed E-state index contributed by atoms with van der Waals surface area (Å²) in [6.45, 7) is 1.74. The number of ether oxygens (including phenoxy) is 1. The molecule has 4 heteroatoms. The number of carbonyl (C=O) groups excluding carboxylic acids is 1. The molecule has 1 N–H and O–H groups in total. The molecule has 0 saturated carbocycles. The van der Waals surface area contributed by atoms with Crippen LogP contribution in [0.15, 0.2) is 42.5 Å². The summed E-state index contributed by atoms with van der Waals surface area (Å²) in [6.07, 6.45) is 2.02. The summed E-state index contributed by atoms with van der Waals surface area (Å²) in [5, 5.41) is 5.57. The van der Waals surface area contributed by atoms with Gasteiger partial charge in [-0.2, -0.15) is 0 Å². The topological polar surface area (TPSA) is 41.6 Å². The van der Waals surface area contributed by atoms with Crippen molar-refractivity contribution < 1.29 is 9.53 Å². The van der Waals surface area contributed by atoms with E-state index in [-0.39, 0.29) is 12.5 Å². The summed E-state index contributed by atoms with van der Waals surface area (Å²) < 4.78 is 5.68. The largest absolute Gasteiger partial charge is 0.484 e. The van der Waals surface area contributed by atoms with Gasteiger partial charge in [0.2, 0.25) is 0 Å². The average Bonchev–Trinajstić information content (AvgIpc) is 2.59. The maximum Gasteiger partial charge on any atom is 0.260 e. The molecule has 1 saturated heterocycles. The van der Waals surface area contributed by atoms with E-state index < -0.39 is 0 Å². The molecule has 0 aliphatic carbocycles. The Morgan fingerprint density at radius 2 is 1.91 bits per heavy atom. The summed E-state index contributed by atoms with van der Waals surface area (Å²) in [4.78, 5) is 14.1. The van der Waals surface area contributed by atoms with Gasteiger partial charge in [-0.25, -0.2) is 0 Å². The van der Waals surface area contributed by atoms with E-state index in [2.05, 4.69) is 11.4 Å². The molecule has 4 nitrogen and oxygen atoms in total. The minimum absolute atomic E-state index is 0.0720. The van der Waals surface area contributed by atoms with Crippen LogP contribution < -0.4 is 10.1 Å². The summed E-state index contributed by atoms with van der Waals surface area (Å²) in [7, 11) is 1.98. The van der Waals surface area contributed by atoms with E-state index in [9.17, 15) is 4.79 Å². The van der Waals surface area contributed by atoms with Crippen LogP contribution in [0.5, 0.6) is 5.75 Å². The highest BCUT2D eigenvalue weighted by Crippen LogP contribution is 2.20. The lowest BCUT2D eigenvalue weighted by molar-refractivity contribution is -0.134. The van der Waals surface area contributed by atoms with Crippen LogP contribution in [0, 0.1) is 0 Å². The van der Waals surface area contributed by atoms with Crippen molar-refractivity contribution in [2.75, 3.05) is 26.7 Å². The Morgan fingerprint density at radius 1 is 1.18 bits per heavy atom. The SMILES string of the molecule is CNC1CCN(C(=O)COc2ccc3ccccc3c2)CC1. The van der Waals surface area contributed by atoms with Crippen molar-refractivity contribution >= 4 is 16.7 Å². The molecule has 1 fully saturated rings. The van der Waals surface area contributed by atoms with Crippen molar-refractivity contribution in [3.8, 4) is 5.75 Å². The molecule has 0 unspecified atom stereocenters. The fraction of sp³-hybridized carbons (Fsp3) is 0.389. The first-order valence-corrected chi connectivity index (χ1v) is 7.83. The molecule has 0 bridgehead atoms. The van der Waals surface area contributed by atoms with Crippen molar-refractivity contribution in [2.24, 2.45) is 0 Å². The summed E-state index contributed by atoms with van der Waals surface area (Å²) >= 11 is 0. The zero-order chi connectivity index (χ0) is 15.4. The number of rotatable bonds is 4. The summed E-state index contributed by atoms with van der Waals surface area (Å²) in [5.41, 5.74) is 0. The second-order valence-corrected chi connectivity index (χ2v) is 5.74. The maximum absolute atomic E-state index is 12.2. The standard InChI is InChI=1S/C18H22N2O2/c1-19-16-8-10-20(11-9-16)18(21)13-22-17-7-6-14-4-2-3-5-15(14)12-17/h2-7,12,16,19H,8-11,13H2,1H3. The number of hydrogen-bond donors (Lipinski definition) is 1. The Balaban J connectivity index is 1.56. The van der Waals surface area contributed by atoms with Gasteiger partial charge in [0, 0.05) is 19.1 Å². The van der Waals surface area contributed by atoms with Crippen LogP contribution >= 0.6 is 0 Å². The van der Waals surface area contributed by atoms with Gasteiger partial charge in [-0.3, -0.25) is 4.79 Å². The van der Waals surface area contributed by atoms with Crippen LogP contribution in [0.2, 0.25) is 0 Å². The van der Waals surface area contributed by atoms with E-state index in [1.54, 1.807) is 0 Å². The lowest BCUT2D eigenvalue weighted by Gasteiger charge is -2.31. The number of nitrogens with one attached hydrogen (secondary N) is 1. The molecule has 1 aliphatic rings. The van der Waals surface area contributed by atoms with Crippen molar-refractivity contribution in [3.63, 3.8) is 0 Å². The van der Waals surface area contributed by atoms with E-state index in [0.717, 1.165) is 37.1 Å². The molecular weight excluding hydrogens is 276 g/mol. The number of carbonyl (C=O) groups is 1. The van der Waals surface area contributed by atoms with Crippen LogP contribution in [-0.2, 0) is 4.79 Å². The predicted molar refractivity (Wildman–Crippen MR) is 88.1 cm³/mol. The number of nitrogens with zero attached hydrogens (tertiary/aromatic N) is 1. The number of hydrogen-bond acceptors (Lipinski definition) is 3. The third-order valence-electron chi connectivity index (χ3n) is 4.34. The first kappa shape index (κ1) is 14.9. The highest BCUT2D eigenvalue weighted by molar-refractivity contribution is 5.84. The van der Waals surface area contributed by atoms with Crippen LogP contribution in [0.4, 0.5) is 0 Å². The molecule has 0 radical (unpaired) electrons. The lowest BCUT2D eigenvalue weighted by Crippen LogP contribution is -2.45. The number of fused-ring (bicyclic) bond motifs is 1. The van der Waals surface area contributed by atoms with Gasteiger partial charge >= 0.3 is 0 Å². The van der Waals surface area contributed by atoms with Crippen molar-refractivity contribution in [1.29, 1.82) is 0 Å². The van der Waals surface area contributed by atoms with Gasteiger partial charge in [-0.15, -0.1) is 0 Å². The molecule has 1 aliphatic heterocycles. The maximum atomic E-state index is 12.2. The monoisotopic (exact) mass is 298 g/mol. The molecule has 116 valence electrons. The molecule has 22 heavy (non-hydrogen) atoms. The Bertz CT molecular complexity index is 648. The highest BCUT2D eigenvalue weighted by atomic mass is 16.5. The average molecular weight is 298 g/mol. The molecule has 2 aromatic carbocycles. The molecule has 0 spiro atoms. The van der Waals surface area contributed by atoms with Gasteiger partial charge in [0.25, 0.3) is 5.91 Å². The van der Waals surface area contributed by atoms with Crippen molar-refractivity contribution in [1.82, 2.24) is 10.2 Å². The predicted octanol–water partition coefficient (Wildman–Crippen LogP) is 2.43. The summed E-state index contributed by atoms with van der Waals surface area (Å²) in [6, 6.07) is 14.6. The third-order valence-corrected chi connectivity index (χ3v) is 4.34. The van der Waals surface area contributed by atoms with Crippen LogP contribution in [0.3, 0.4) is 0 Å². The van der Waals surface area contributed by atoms with E-state index in [4.69, 9.17) is 4.74 Å². The molecule has 3 rings (SSSR count). The normalized spacial score (nSPS) is 16.0. The lowest BCUT2D eigenvalue weighted by atomic mass is 10.1. The van der Waals surface area contributed by atoms with Crippen LogP contribution in [0.25, 0.3) is 10.8 Å². The van der Waals surface area contributed by atoms with Gasteiger partial charge in [0.1, 0.15) is 5.75 Å². The second kappa shape index (κ2) is 6.79. The van der Waals surface area contributed by atoms with Gasteiger partial charge in [-0.1, -0.05) is 30.3 Å². The quantitative estimate of drug-likeness (QED) is 0.942. The zero-order valence-electron chi connectivity index (χ0n) is 12.9. The third kappa shape index (κ3) is 3.39. The molecule has 0 atom stereocenters. The molecule has 1 amide bonds. The first-order chi connectivity index (χ1) is 10.8. The zero-order valence-corrected chi connectivity index (χ0v) is 12.9. The van der Waals surface area contributed by atoms with Gasteiger partial charge in [0.15, 0.2) is 6.61 Å². The van der Waals surface area contributed by atoms with Crippen LogP contribution in [0.1, 0.15) is 12.8 Å². The van der Waals surface area contributed by atoms with Gasteiger partial charge in [-0.05, 0) is 42.8 Å². The van der Waals surface area contributed by atoms with Crippen molar-refractivity contribution in [3.05, 3.63) is 42.5 Å². The molecular formula is C18H22N2O2. The Hall–Kier alpha value is -2.07. The highest BCUT2D eigenvalue weighted by Gasteiger charge is 2.21. The Morgan fingerprint density at radius 3 is 2.64 bits per heavy atom. The molecule has 0 aromatic heterocycles. The number of amides is 1. The Labute approximate surface area is 131 Å². The first-order valence-electron chi connectivity index (χ1n) is 7.83. The number of piperidine rings is 1. The summed E-state index contributed by atoms with van der Waals surface area (Å²) in [5.74, 6) is 0.819. The smallest absolute Gasteiger partial charge is 0.260 e. The van der Waals surface area contributed by atoms with E-state index >= 15 is 0 Å². The van der Waals surface area contributed by atoms with Gasteiger partial charge in [0.05, 0.1) is 0 Å². The van der Waals surface area contributed by atoms with E-state index in [1.165, 1.54) is 5.39 Å². The number of likely N-dealkylation sites (tertiary alicyclic amines) is 1. The van der Waals surface area contributed by atoms with E-state index in [1.807, 2.05) is 48.3 Å². The molecule has 1 heterocycles. The van der Waals surface area contributed by atoms with Gasteiger partial charge < -0.3 is 15.0 Å². The fourth-order valence-corrected chi connectivity index (χ4v) is 2.91. The van der Waals surface area contributed by atoms with E-state index in [0.29, 0.717) is 6.04 Å². The number of benzene rings is 2.